The van der Waals surface area contributed by atoms with Crippen LogP contribution in [0.2, 0.25) is 0 Å². The van der Waals surface area contributed by atoms with Crippen molar-refractivity contribution in [2.24, 2.45) is 7.05 Å². The molecule has 0 radical (unpaired) electrons. The third-order valence-corrected chi connectivity index (χ3v) is 5.63. The van der Waals surface area contributed by atoms with E-state index in [9.17, 15) is 9.59 Å². The molecule has 31 heavy (non-hydrogen) atoms. The van der Waals surface area contributed by atoms with Crippen molar-refractivity contribution >= 4 is 28.3 Å². The average molecular weight is 419 g/mol. The zero-order valence-electron chi connectivity index (χ0n) is 18.1. The van der Waals surface area contributed by atoms with Crippen molar-refractivity contribution in [2.75, 3.05) is 5.32 Å². The van der Waals surface area contributed by atoms with Gasteiger partial charge in [-0.1, -0.05) is 19.1 Å². The van der Waals surface area contributed by atoms with Gasteiger partial charge in [0.15, 0.2) is 5.82 Å². The van der Waals surface area contributed by atoms with Crippen LogP contribution in [0.25, 0.3) is 16.7 Å². The Labute approximate surface area is 179 Å². The van der Waals surface area contributed by atoms with Crippen LogP contribution in [0.5, 0.6) is 0 Å². The summed E-state index contributed by atoms with van der Waals surface area (Å²) in [4.78, 5) is 25.0. The monoisotopic (exact) mass is 418 g/mol. The minimum absolute atomic E-state index is 0.0887. The number of nitrogens with zero attached hydrogens (tertiary/aromatic N) is 4. The van der Waals surface area contributed by atoms with Crippen LogP contribution in [0, 0.1) is 0 Å². The molecule has 8 nitrogen and oxygen atoms in total. The van der Waals surface area contributed by atoms with Crippen molar-refractivity contribution in [3.05, 3.63) is 70.3 Å². The molecule has 2 heterocycles. The van der Waals surface area contributed by atoms with E-state index < -0.39 is 0 Å². The minimum atomic E-state index is -0.244. The first-order chi connectivity index (χ1) is 14.8. The third-order valence-electron chi connectivity index (χ3n) is 5.63. The van der Waals surface area contributed by atoms with Crippen molar-refractivity contribution in [1.29, 1.82) is 0 Å². The molecule has 1 amide bonds. The van der Waals surface area contributed by atoms with E-state index in [1.165, 1.54) is 4.57 Å². The minimum Gasteiger partial charge on any atom is -0.378 e. The SMILES string of the molecule is CCC(C)(C)NC(=O)c1ccc(NCc2nnc3n(C)c(=O)c4ccccc4n23)cc1. The van der Waals surface area contributed by atoms with Gasteiger partial charge in [-0.05, 0) is 56.7 Å². The summed E-state index contributed by atoms with van der Waals surface area (Å²) in [5.74, 6) is 1.09. The highest BCUT2D eigenvalue weighted by Crippen LogP contribution is 2.16. The van der Waals surface area contributed by atoms with Crippen molar-refractivity contribution in [3.63, 3.8) is 0 Å². The molecule has 0 aliphatic heterocycles. The van der Waals surface area contributed by atoms with Gasteiger partial charge in [0.05, 0.1) is 17.4 Å². The van der Waals surface area contributed by atoms with Gasteiger partial charge in [-0.3, -0.25) is 18.6 Å². The molecular formula is C23H26N6O2. The number of amides is 1. The molecule has 0 fully saturated rings. The number of anilines is 1. The number of aromatic nitrogens is 4. The van der Waals surface area contributed by atoms with E-state index in [4.69, 9.17) is 0 Å². The molecule has 4 aromatic rings. The molecule has 2 N–H and O–H groups in total. The molecule has 0 saturated heterocycles. The molecule has 4 rings (SSSR count). The second kappa shape index (κ2) is 7.86. The van der Waals surface area contributed by atoms with Gasteiger partial charge in [0.25, 0.3) is 11.5 Å². The van der Waals surface area contributed by atoms with E-state index in [1.807, 2.05) is 55.5 Å². The molecule has 0 aliphatic rings. The largest absolute Gasteiger partial charge is 0.378 e. The predicted octanol–water partition coefficient (Wildman–Crippen LogP) is 3.11. The van der Waals surface area contributed by atoms with Crippen LogP contribution in [-0.4, -0.2) is 30.6 Å². The maximum absolute atomic E-state index is 12.6. The molecule has 8 heteroatoms. The van der Waals surface area contributed by atoms with Gasteiger partial charge < -0.3 is 10.6 Å². The molecule has 0 spiro atoms. The first-order valence-electron chi connectivity index (χ1n) is 10.3. The molecule has 0 atom stereocenters. The lowest BCUT2D eigenvalue weighted by Gasteiger charge is -2.24. The van der Waals surface area contributed by atoms with Crippen LogP contribution < -0.4 is 16.2 Å². The Balaban J connectivity index is 1.56. The first kappa shape index (κ1) is 20.6. The zero-order valence-corrected chi connectivity index (χ0v) is 18.1. The molecule has 2 aromatic heterocycles. The van der Waals surface area contributed by atoms with E-state index >= 15 is 0 Å². The zero-order chi connectivity index (χ0) is 22.2. The average Bonchev–Trinajstić information content (AvgIpc) is 3.20. The number of fused-ring (bicyclic) bond motifs is 3. The standard InChI is InChI=1S/C23H26N6O2/c1-5-23(2,3)25-20(30)15-10-12-16(13-11-15)24-14-19-26-27-22-28(4)21(31)17-8-6-7-9-18(17)29(19)22/h6-13,24H,5,14H2,1-4H3,(H,25,30). The fraction of sp³-hybridized carbons (Fsp3) is 0.304. The Hall–Kier alpha value is -3.68. The summed E-state index contributed by atoms with van der Waals surface area (Å²) < 4.78 is 3.39. The van der Waals surface area contributed by atoms with Crippen LogP contribution in [-0.2, 0) is 13.6 Å². The van der Waals surface area contributed by atoms with E-state index in [-0.39, 0.29) is 17.0 Å². The lowest BCUT2D eigenvalue weighted by Crippen LogP contribution is -2.42. The van der Waals surface area contributed by atoms with Gasteiger partial charge in [0.2, 0.25) is 5.78 Å². The summed E-state index contributed by atoms with van der Waals surface area (Å²) in [6.07, 6.45) is 0.852. The number of carbonyl (C=O) groups excluding carboxylic acids is 1. The second-order valence-corrected chi connectivity index (χ2v) is 8.26. The number of hydrogen-bond acceptors (Lipinski definition) is 5. The first-order valence-corrected chi connectivity index (χ1v) is 10.3. The Morgan fingerprint density at radius 3 is 2.48 bits per heavy atom. The maximum Gasteiger partial charge on any atom is 0.262 e. The van der Waals surface area contributed by atoms with Crippen molar-refractivity contribution in [1.82, 2.24) is 24.5 Å². The van der Waals surface area contributed by atoms with Gasteiger partial charge in [-0.2, -0.15) is 0 Å². The summed E-state index contributed by atoms with van der Waals surface area (Å²) in [6.45, 7) is 6.47. The van der Waals surface area contributed by atoms with Crippen LogP contribution in [0.15, 0.2) is 53.3 Å². The maximum atomic E-state index is 12.6. The van der Waals surface area contributed by atoms with Crippen molar-refractivity contribution in [2.45, 2.75) is 39.3 Å². The Bertz CT molecular complexity index is 1320. The highest BCUT2D eigenvalue weighted by molar-refractivity contribution is 5.95. The normalized spacial score (nSPS) is 11.7. The molecule has 2 aromatic carbocycles. The Morgan fingerprint density at radius 2 is 1.77 bits per heavy atom. The number of para-hydroxylation sites is 1. The lowest BCUT2D eigenvalue weighted by atomic mass is 10.0. The number of benzene rings is 2. The summed E-state index contributed by atoms with van der Waals surface area (Å²) in [6, 6.07) is 14.8. The van der Waals surface area contributed by atoms with Crippen LogP contribution in [0.1, 0.15) is 43.4 Å². The van der Waals surface area contributed by atoms with Crippen molar-refractivity contribution in [3.8, 4) is 0 Å². The molecule has 160 valence electrons. The molecule has 0 unspecified atom stereocenters. The quantitative estimate of drug-likeness (QED) is 0.502. The van der Waals surface area contributed by atoms with Gasteiger partial charge in [-0.15, -0.1) is 10.2 Å². The highest BCUT2D eigenvalue weighted by atomic mass is 16.2. The predicted molar refractivity (Wildman–Crippen MR) is 121 cm³/mol. The van der Waals surface area contributed by atoms with Gasteiger partial charge in [0.1, 0.15) is 0 Å². The number of carbonyl (C=O) groups is 1. The van der Waals surface area contributed by atoms with E-state index in [0.29, 0.717) is 29.1 Å². The second-order valence-electron chi connectivity index (χ2n) is 8.26. The number of aryl methyl sites for hydroxylation is 1. The summed E-state index contributed by atoms with van der Waals surface area (Å²) in [5.41, 5.74) is 1.90. The molecular weight excluding hydrogens is 392 g/mol. The van der Waals surface area contributed by atoms with E-state index in [1.54, 1.807) is 25.2 Å². The smallest absolute Gasteiger partial charge is 0.262 e. The highest BCUT2D eigenvalue weighted by Gasteiger charge is 2.19. The Kier molecular flexibility index (Phi) is 5.22. The summed E-state index contributed by atoms with van der Waals surface area (Å²) in [7, 11) is 1.69. The van der Waals surface area contributed by atoms with Crippen LogP contribution >= 0.6 is 0 Å². The molecule has 0 aliphatic carbocycles. The van der Waals surface area contributed by atoms with E-state index in [2.05, 4.69) is 20.8 Å². The number of rotatable bonds is 6. The van der Waals surface area contributed by atoms with E-state index in [0.717, 1.165) is 17.6 Å². The van der Waals surface area contributed by atoms with Gasteiger partial charge in [-0.25, -0.2) is 0 Å². The third kappa shape index (κ3) is 3.88. The Morgan fingerprint density at radius 1 is 1.06 bits per heavy atom. The van der Waals surface area contributed by atoms with Crippen LogP contribution in [0.4, 0.5) is 5.69 Å². The topological polar surface area (TPSA) is 93.3 Å². The summed E-state index contributed by atoms with van der Waals surface area (Å²) in [5, 5.41) is 15.5. The summed E-state index contributed by atoms with van der Waals surface area (Å²) >= 11 is 0. The number of hydrogen-bond donors (Lipinski definition) is 2. The van der Waals surface area contributed by atoms with Crippen molar-refractivity contribution < 1.29 is 4.79 Å². The lowest BCUT2D eigenvalue weighted by molar-refractivity contribution is 0.0911. The van der Waals surface area contributed by atoms with Crippen LogP contribution in [0.3, 0.4) is 0 Å². The van der Waals surface area contributed by atoms with Gasteiger partial charge >= 0.3 is 0 Å². The fourth-order valence-electron chi connectivity index (χ4n) is 3.40. The fourth-order valence-corrected chi connectivity index (χ4v) is 3.40. The molecule has 0 saturated carbocycles. The molecule has 0 bridgehead atoms. The van der Waals surface area contributed by atoms with Gasteiger partial charge in [0, 0.05) is 23.8 Å². The number of nitrogens with one attached hydrogen (secondary N) is 2.